The summed E-state index contributed by atoms with van der Waals surface area (Å²) in [6.07, 6.45) is 28.1. The molecule has 0 spiro atoms. The van der Waals surface area contributed by atoms with Crippen LogP contribution in [0.4, 0.5) is 0 Å². The van der Waals surface area contributed by atoms with E-state index in [0.29, 0.717) is 13.0 Å². The van der Waals surface area contributed by atoms with Gasteiger partial charge in [-0.3, -0.25) is 13.8 Å². The lowest BCUT2D eigenvalue weighted by atomic mass is 9.85. The largest absolute Gasteiger partial charge is 0.472 e. The molecule has 0 aromatic rings. The normalized spacial score (nSPS) is 22.8. The zero-order chi connectivity index (χ0) is 42.7. The highest BCUT2D eigenvalue weighted by molar-refractivity contribution is 7.47. The number of allylic oxidation sites excluding steroid dienone is 4. The van der Waals surface area contributed by atoms with Crippen LogP contribution in [0.3, 0.4) is 0 Å². The molecule has 0 saturated heterocycles. The fraction of sp³-hybridized carbons (Fsp3) is 0.889. The van der Waals surface area contributed by atoms with Crippen molar-refractivity contribution in [3.8, 4) is 0 Å². The lowest BCUT2D eigenvalue weighted by Gasteiger charge is -2.41. The number of hydrogen-bond acceptors (Lipinski definition) is 11. The summed E-state index contributed by atoms with van der Waals surface area (Å²) in [4.78, 5) is 23.1. The molecule has 0 aromatic heterocycles. The number of aliphatic hydroxyl groups excluding tert-OH is 5. The van der Waals surface area contributed by atoms with Gasteiger partial charge in [0, 0.05) is 13.0 Å². The zero-order valence-corrected chi connectivity index (χ0v) is 37.2. The number of phosphoric acid groups is 1. The molecule has 0 bridgehead atoms. The molecular formula is C45H85O12P. The molecule has 0 amide bonds. The van der Waals surface area contributed by atoms with E-state index in [1.165, 1.54) is 96.3 Å². The van der Waals surface area contributed by atoms with Crippen molar-refractivity contribution in [1.82, 2.24) is 0 Å². The first kappa shape index (κ1) is 54.8. The molecule has 58 heavy (non-hydrogen) atoms. The average Bonchev–Trinajstić information content (AvgIpc) is 3.21. The van der Waals surface area contributed by atoms with Crippen LogP contribution in [0, 0.1) is 0 Å². The van der Waals surface area contributed by atoms with Crippen molar-refractivity contribution in [2.75, 3.05) is 19.8 Å². The highest BCUT2D eigenvalue weighted by Crippen LogP contribution is 2.47. The van der Waals surface area contributed by atoms with Gasteiger partial charge in [-0.25, -0.2) is 4.57 Å². The van der Waals surface area contributed by atoms with Crippen molar-refractivity contribution >= 4 is 13.8 Å². The van der Waals surface area contributed by atoms with Gasteiger partial charge in [0.15, 0.2) is 0 Å². The van der Waals surface area contributed by atoms with Crippen molar-refractivity contribution in [1.29, 1.82) is 0 Å². The number of carbonyl (C=O) groups excluding carboxylic acids is 1. The SMILES string of the molecule is CCCCCCCC/C=C\CCCCCCCCOCC(COP(=O)(O)OC1C(O)C(O)C(O)C(O)C1O)OC(=O)CCCCCCC/C=C\CCCCCCCC. The fourth-order valence-electron chi connectivity index (χ4n) is 7.05. The Morgan fingerprint density at radius 2 is 0.914 bits per heavy atom. The van der Waals surface area contributed by atoms with Crippen LogP contribution in [-0.4, -0.2) is 98.9 Å². The summed E-state index contributed by atoms with van der Waals surface area (Å²) < 4.78 is 34.2. The van der Waals surface area contributed by atoms with E-state index in [0.717, 1.165) is 70.6 Å². The van der Waals surface area contributed by atoms with Gasteiger partial charge in [0.2, 0.25) is 0 Å². The summed E-state index contributed by atoms with van der Waals surface area (Å²) >= 11 is 0. The van der Waals surface area contributed by atoms with Crippen molar-refractivity contribution in [2.24, 2.45) is 0 Å². The Hall–Kier alpha value is -1.18. The number of rotatable bonds is 39. The van der Waals surface area contributed by atoms with E-state index >= 15 is 0 Å². The number of unbranched alkanes of at least 4 members (excludes halogenated alkanes) is 23. The summed E-state index contributed by atoms with van der Waals surface area (Å²) in [7, 11) is -5.02. The van der Waals surface area contributed by atoms with Gasteiger partial charge in [-0.2, -0.15) is 0 Å². The standard InChI is InChI=1S/C45H85O12P/c1-3-5-7-9-11-13-15-17-19-21-23-25-27-29-31-33-35-54-36-38(37-55-58(52,53)57-45-43(50)41(48)40(47)42(49)44(45)51)56-39(46)34-32-30-28-26-24-22-20-18-16-14-12-10-8-6-4-2/h17-20,38,40-45,47-51H,3-16,21-37H2,1-2H3,(H,52,53)/b19-17-,20-18-. The minimum atomic E-state index is -5.02. The molecule has 0 radical (unpaired) electrons. The summed E-state index contributed by atoms with van der Waals surface area (Å²) in [6.45, 7) is 4.23. The van der Waals surface area contributed by atoms with E-state index in [-0.39, 0.29) is 13.0 Å². The fourth-order valence-corrected chi connectivity index (χ4v) is 8.02. The van der Waals surface area contributed by atoms with Gasteiger partial charge in [-0.1, -0.05) is 147 Å². The predicted octanol–water partition coefficient (Wildman–Crippen LogP) is 9.31. The molecule has 342 valence electrons. The topological polar surface area (TPSA) is 192 Å². The minimum absolute atomic E-state index is 0.0819. The zero-order valence-electron chi connectivity index (χ0n) is 36.4. The summed E-state index contributed by atoms with van der Waals surface area (Å²) in [5, 5.41) is 50.1. The number of hydrogen-bond donors (Lipinski definition) is 6. The molecule has 12 nitrogen and oxygen atoms in total. The molecular weight excluding hydrogens is 763 g/mol. The number of phosphoric ester groups is 1. The lowest BCUT2D eigenvalue weighted by molar-refractivity contribution is -0.220. The third-order valence-electron chi connectivity index (χ3n) is 10.8. The second-order valence-electron chi connectivity index (χ2n) is 16.2. The van der Waals surface area contributed by atoms with Crippen LogP contribution in [0.1, 0.15) is 194 Å². The average molecular weight is 849 g/mol. The third-order valence-corrected chi connectivity index (χ3v) is 11.8. The summed E-state index contributed by atoms with van der Waals surface area (Å²) in [5.41, 5.74) is 0. The van der Waals surface area contributed by atoms with Crippen molar-refractivity contribution in [3.63, 3.8) is 0 Å². The molecule has 1 fully saturated rings. The van der Waals surface area contributed by atoms with Crippen LogP contribution in [-0.2, 0) is 27.9 Å². The molecule has 1 rings (SSSR count). The van der Waals surface area contributed by atoms with Gasteiger partial charge >= 0.3 is 13.8 Å². The Kier molecular flexibility index (Phi) is 34.5. The van der Waals surface area contributed by atoms with Gasteiger partial charge in [0.25, 0.3) is 0 Å². The maximum absolute atomic E-state index is 12.8. The first-order valence-electron chi connectivity index (χ1n) is 23.2. The van der Waals surface area contributed by atoms with Crippen molar-refractivity contribution in [3.05, 3.63) is 24.3 Å². The molecule has 1 saturated carbocycles. The highest BCUT2D eigenvalue weighted by Gasteiger charge is 2.51. The second kappa shape index (κ2) is 36.5. The van der Waals surface area contributed by atoms with Gasteiger partial charge < -0.3 is 39.9 Å². The molecule has 0 aromatic carbocycles. The van der Waals surface area contributed by atoms with Crippen molar-refractivity contribution in [2.45, 2.75) is 236 Å². The van der Waals surface area contributed by atoms with Crippen LogP contribution in [0.5, 0.6) is 0 Å². The lowest BCUT2D eigenvalue weighted by Crippen LogP contribution is -2.64. The number of aliphatic hydroxyl groups is 5. The molecule has 6 unspecified atom stereocenters. The van der Waals surface area contributed by atoms with E-state index in [2.05, 4.69) is 38.2 Å². The van der Waals surface area contributed by atoms with Gasteiger partial charge in [0.05, 0.1) is 13.2 Å². The number of carbonyl (C=O) groups is 1. The monoisotopic (exact) mass is 849 g/mol. The molecule has 0 aliphatic heterocycles. The molecule has 1 aliphatic rings. The highest BCUT2D eigenvalue weighted by atomic mass is 31.2. The maximum Gasteiger partial charge on any atom is 0.472 e. The summed E-state index contributed by atoms with van der Waals surface area (Å²) in [6, 6.07) is 0. The molecule has 6 atom stereocenters. The Bertz CT molecular complexity index is 1060. The quantitative estimate of drug-likeness (QED) is 0.0149. The minimum Gasteiger partial charge on any atom is -0.457 e. The Balaban J connectivity index is 2.41. The van der Waals surface area contributed by atoms with Gasteiger partial charge in [0.1, 0.15) is 42.7 Å². The van der Waals surface area contributed by atoms with Crippen LogP contribution < -0.4 is 0 Å². The Morgan fingerprint density at radius 1 is 0.534 bits per heavy atom. The van der Waals surface area contributed by atoms with Gasteiger partial charge in [-0.15, -0.1) is 0 Å². The maximum atomic E-state index is 12.8. The van der Waals surface area contributed by atoms with E-state index in [9.17, 15) is 39.8 Å². The van der Waals surface area contributed by atoms with E-state index in [1.54, 1.807) is 0 Å². The molecule has 0 heterocycles. The van der Waals surface area contributed by atoms with E-state index in [4.69, 9.17) is 18.5 Å². The van der Waals surface area contributed by atoms with E-state index < -0.39 is 63.1 Å². The Labute approximate surface area is 351 Å². The predicted molar refractivity (Wildman–Crippen MR) is 230 cm³/mol. The summed E-state index contributed by atoms with van der Waals surface area (Å²) in [5.74, 6) is -0.487. The molecule has 13 heteroatoms. The second-order valence-corrected chi connectivity index (χ2v) is 17.7. The van der Waals surface area contributed by atoms with Crippen LogP contribution in [0.15, 0.2) is 24.3 Å². The molecule has 6 N–H and O–H groups in total. The smallest absolute Gasteiger partial charge is 0.457 e. The van der Waals surface area contributed by atoms with Crippen molar-refractivity contribution < 1.29 is 58.3 Å². The van der Waals surface area contributed by atoms with Crippen LogP contribution in [0.25, 0.3) is 0 Å². The Morgan fingerprint density at radius 3 is 1.36 bits per heavy atom. The molecule has 1 aliphatic carbocycles. The number of esters is 1. The third kappa shape index (κ3) is 28.4. The number of ether oxygens (including phenoxy) is 2. The van der Waals surface area contributed by atoms with Gasteiger partial charge in [-0.05, 0) is 64.2 Å². The van der Waals surface area contributed by atoms with Crippen LogP contribution in [0.2, 0.25) is 0 Å². The van der Waals surface area contributed by atoms with E-state index in [1.807, 2.05) is 0 Å². The first-order valence-corrected chi connectivity index (χ1v) is 24.7. The first-order chi connectivity index (χ1) is 28.0. The van der Waals surface area contributed by atoms with Crippen LogP contribution >= 0.6 is 7.82 Å².